The number of nitrogens with one attached hydrogen (secondary N) is 1. The van der Waals surface area contributed by atoms with Gasteiger partial charge in [0.05, 0.1) is 6.61 Å². The van der Waals surface area contributed by atoms with E-state index in [-0.39, 0.29) is 38.4 Å². The molecular formula is C33H39N3O8. The highest BCUT2D eigenvalue weighted by atomic mass is 16.6. The van der Waals surface area contributed by atoms with Crippen LogP contribution in [0, 0.1) is 0 Å². The van der Waals surface area contributed by atoms with Crippen LogP contribution in [0.15, 0.2) is 84.9 Å². The molecule has 0 spiro atoms. The second kappa shape index (κ2) is 17.9. The molecule has 11 nitrogen and oxygen atoms in total. The van der Waals surface area contributed by atoms with Gasteiger partial charge in [0.2, 0.25) is 5.91 Å². The number of hydrogen-bond donors (Lipinski definition) is 3. The van der Waals surface area contributed by atoms with Gasteiger partial charge in [-0.05, 0) is 61.6 Å². The molecule has 3 aromatic rings. The van der Waals surface area contributed by atoms with Crippen LogP contribution in [-0.4, -0.2) is 59.3 Å². The van der Waals surface area contributed by atoms with Crippen molar-refractivity contribution in [3.8, 4) is 5.75 Å². The van der Waals surface area contributed by atoms with Crippen molar-refractivity contribution in [1.82, 2.24) is 10.2 Å². The standard InChI is InChI=1S/C33H39N3O8/c1-2-42-31(39)28(21-24-16-18-27(37)19-17-24)35-30(38)29(15-9-10-20-34)36(32(40)43-22-25-11-5-3-6-12-25)33(41)44-23-26-13-7-4-8-14-26/h3-8,11-14,16-19,28-29,37H,2,9-10,15,20-23,34H2,1H3,(H,35,38)/t28-,29+/m1/s1. The lowest BCUT2D eigenvalue weighted by Gasteiger charge is -2.29. The van der Waals surface area contributed by atoms with E-state index < -0.39 is 36.1 Å². The molecule has 0 heterocycles. The van der Waals surface area contributed by atoms with Crippen LogP contribution in [0.4, 0.5) is 9.59 Å². The lowest BCUT2D eigenvalue weighted by molar-refractivity contribution is -0.147. The Hall–Kier alpha value is -4.90. The SMILES string of the molecule is CCOC(=O)[C@@H](Cc1ccc(O)cc1)NC(=O)[C@H](CCCCN)N(C(=O)OCc1ccccc1)C(=O)OCc1ccccc1. The number of hydrogen-bond acceptors (Lipinski definition) is 9. The molecule has 0 aliphatic carbocycles. The van der Waals surface area contributed by atoms with Gasteiger partial charge in [-0.15, -0.1) is 0 Å². The first-order chi connectivity index (χ1) is 21.3. The fourth-order valence-electron chi connectivity index (χ4n) is 4.34. The van der Waals surface area contributed by atoms with Crippen LogP contribution in [0.5, 0.6) is 5.75 Å². The zero-order valence-corrected chi connectivity index (χ0v) is 24.7. The summed E-state index contributed by atoms with van der Waals surface area (Å²) in [5, 5.41) is 12.3. The molecule has 0 saturated carbocycles. The van der Waals surface area contributed by atoms with Crippen LogP contribution in [-0.2, 0) is 43.4 Å². The number of phenols is 1. The summed E-state index contributed by atoms with van der Waals surface area (Å²) in [5.74, 6) is -1.42. The van der Waals surface area contributed by atoms with Gasteiger partial charge in [0.25, 0.3) is 0 Å². The van der Waals surface area contributed by atoms with E-state index in [2.05, 4.69) is 5.32 Å². The van der Waals surface area contributed by atoms with E-state index in [9.17, 15) is 24.3 Å². The summed E-state index contributed by atoms with van der Waals surface area (Å²) in [6.45, 7) is 1.75. The number of carbonyl (C=O) groups excluding carboxylic acids is 4. The van der Waals surface area contributed by atoms with Gasteiger partial charge in [-0.2, -0.15) is 4.90 Å². The maximum absolute atomic E-state index is 13.9. The van der Waals surface area contributed by atoms with E-state index in [1.165, 1.54) is 12.1 Å². The van der Waals surface area contributed by atoms with E-state index >= 15 is 0 Å². The summed E-state index contributed by atoms with van der Waals surface area (Å²) >= 11 is 0. The van der Waals surface area contributed by atoms with E-state index in [1.54, 1.807) is 67.6 Å². The highest BCUT2D eigenvalue weighted by Gasteiger charge is 2.39. The van der Waals surface area contributed by atoms with Gasteiger partial charge in [-0.1, -0.05) is 72.8 Å². The maximum atomic E-state index is 13.9. The van der Waals surface area contributed by atoms with Gasteiger partial charge in [0.15, 0.2) is 0 Å². The zero-order valence-electron chi connectivity index (χ0n) is 24.7. The number of aromatic hydroxyl groups is 1. The minimum atomic E-state index is -1.38. The number of phenolic OH excluding ortho intramolecular Hbond substituents is 1. The third-order valence-corrected chi connectivity index (χ3v) is 6.61. The largest absolute Gasteiger partial charge is 0.508 e. The number of ether oxygens (including phenoxy) is 3. The molecular weight excluding hydrogens is 566 g/mol. The Morgan fingerprint density at radius 1 is 0.773 bits per heavy atom. The van der Waals surface area contributed by atoms with Crippen molar-refractivity contribution in [1.29, 1.82) is 0 Å². The Kier molecular flexibility index (Phi) is 13.7. The number of nitrogens with zero attached hydrogens (tertiary/aromatic N) is 1. The molecule has 11 heteroatoms. The molecule has 0 aromatic heterocycles. The summed E-state index contributed by atoms with van der Waals surface area (Å²) < 4.78 is 16.1. The highest BCUT2D eigenvalue weighted by molar-refractivity contribution is 5.96. The summed E-state index contributed by atoms with van der Waals surface area (Å²) in [6, 6.07) is 21.4. The van der Waals surface area contributed by atoms with Crippen molar-refractivity contribution in [2.75, 3.05) is 13.2 Å². The number of benzene rings is 3. The van der Waals surface area contributed by atoms with Crippen molar-refractivity contribution in [3.05, 3.63) is 102 Å². The summed E-state index contributed by atoms with van der Waals surface area (Å²) in [5.41, 5.74) is 7.68. The molecule has 0 saturated heterocycles. The number of nitrogens with two attached hydrogens (primary N) is 1. The second-order valence-electron chi connectivity index (χ2n) is 9.93. The normalized spacial score (nSPS) is 12.0. The number of carbonyl (C=O) groups is 4. The van der Waals surface area contributed by atoms with E-state index in [0.29, 0.717) is 41.0 Å². The average Bonchev–Trinajstić information content (AvgIpc) is 3.04. The molecule has 0 fully saturated rings. The first-order valence-electron chi connectivity index (χ1n) is 14.5. The summed E-state index contributed by atoms with van der Waals surface area (Å²) in [6.07, 6.45) is -1.16. The van der Waals surface area contributed by atoms with Gasteiger partial charge < -0.3 is 30.4 Å². The van der Waals surface area contributed by atoms with Crippen LogP contribution in [0.2, 0.25) is 0 Å². The van der Waals surface area contributed by atoms with E-state index in [4.69, 9.17) is 19.9 Å². The minimum absolute atomic E-state index is 0.0390. The van der Waals surface area contributed by atoms with Crippen molar-refractivity contribution < 1.29 is 38.5 Å². The Morgan fingerprint density at radius 3 is 1.82 bits per heavy atom. The van der Waals surface area contributed by atoms with Crippen molar-refractivity contribution in [2.45, 2.75) is 57.9 Å². The molecule has 44 heavy (non-hydrogen) atoms. The number of rotatable bonds is 15. The number of imide groups is 1. The van der Waals surface area contributed by atoms with Gasteiger partial charge in [0.1, 0.15) is 31.0 Å². The maximum Gasteiger partial charge on any atom is 0.420 e. The van der Waals surface area contributed by atoms with Gasteiger partial charge in [-0.25, -0.2) is 14.4 Å². The number of esters is 1. The minimum Gasteiger partial charge on any atom is -0.508 e. The molecule has 4 N–H and O–H groups in total. The van der Waals surface area contributed by atoms with Crippen molar-refractivity contribution in [2.24, 2.45) is 5.73 Å². The van der Waals surface area contributed by atoms with Crippen molar-refractivity contribution >= 4 is 24.1 Å². The lowest BCUT2D eigenvalue weighted by atomic mass is 10.0. The van der Waals surface area contributed by atoms with Gasteiger partial charge in [-0.3, -0.25) is 4.79 Å². The Labute approximate surface area is 256 Å². The molecule has 0 radical (unpaired) electrons. The molecule has 3 aromatic carbocycles. The number of unbranched alkanes of at least 4 members (excludes halogenated alkanes) is 1. The number of amides is 3. The van der Waals surface area contributed by atoms with Crippen LogP contribution in [0.25, 0.3) is 0 Å². The fourth-order valence-corrected chi connectivity index (χ4v) is 4.34. The topological polar surface area (TPSA) is 157 Å². The quantitative estimate of drug-likeness (QED) is 0.129. The average molecular weight is 606 g/mol. The molecule has 3 amide bonds. The van der Waals surface area contributed by atoms with Gasteiger partial charge >= 0.3 is 18.2 Å². The highest BCUT2D eigenvalue weighted by Crippen LogP contribution is 2.17. The Balaban J connectivity index is 1.89. The molecule has 0 aliphatic rings. The lowest BCUT2D eigenvalue weighted by Crippen LogP contribution is -2.56. The van der Waals surface area contributed by atoms with Crippen molar-refractivity contribution in [3.63, 3.8) is 0 Å². The predicted octanol–water partition coefficient (Wildman–Crippen LogP) is 4.46. The Morgan fingerprint density at radius 2 is 1.32 bits per heavy atom. The molecule has 2 atom stereocenters. The van der Waals surface area contributed by atoms with Gasteiger partial charge in [0, 0.05) is 6.42 Å². The second-order valence-corrected chi connectivity index (χ2v) is 9.93. The van der Waals surface area contributed by atoms with Crippen LogP contribution in [0.1, 0.15) is 42.9 Å². The Bertz CT molecular complexity index is 1280. The zero-order chi connectivity index (χ0) is 31.7. The van der Waals surface area contributed by atoms with E-state index in [0.717, 1.165) is 0 Å². The smallest absolute Gasteiger partial charge is 0.420 e. The molecule has 0 unspecified atom stereocenters. The molecule has 3 rings (SSSR count). The monoisotopic (exact) mass is 605 g/mol. The summed E-state index contributed by atoms with van der Waals surface area (Å²) in [4.78, 5) is 54.3. The molecule has 234 valence electrons. The summed E-state index contributed by atoms with van der Waals surface area (Å²) in [7, 11) is 0. The fraction of sp³-hybridized carbons (Fsp3) is 0.333. The first kappa shape index (κ1) is 33.6. The first-order valence-corrected chi connectivity index (χ1v) is 14.5. The third kappa shape index (κ3) is 10.7. The van der Waals surface area contributed by atoms with Crippen LogP contribution < -0.4 is 11.1 Å². The molecule has 0 aliphatic heterocycles. The third-order valence-electron chi connectivity index (χ3n) is 6.61. The molecule has 0 bridgehead atoms. The van der Waals surface area contributed by atoms with E-state index in [1.807, 2.05) is 12.1 Å². The predicted molar refractivity (Wildman–Crippen MR) is 162 cm³/mol. The van der Waals surface area contributed by atoms with Crippen LogP contribution >= 0.6 is 0 Å². The van der Waals surface area contributed by atoms with Crippen LogP contribution in [0.3, 0.4) is 0 Å².